The molecule has 0 aliphatic heterocycles. The van der Waals surface area contributed by atoms with Gasteiger partial charge in [-0.1, -0.05) is 0 Å². The number of ether oxygens (including phenoxy) is 1. The highest BCUT2D eigenvalue weighted by Gasteiger charge is 2.20. The van der Waals surface area contributed by atoms with E-state index in [1.54, 1.807) is 13.0 Å². The average Bonchev–Trinajstić information content (AvgIpc) is 2.40. The highest BCUT2D eigenvalue weighted by molar-refractivity contribution is 7.89. The Kier molecular flexibility index (Phi) is 6.00. The summed E-state index contributed by atoms with van der Waals surface area (Å²) in [6.45, 7) is 6.87. The lowest BCUT2D eigenvalue weighted by molar-refractivity contribution is 0.278. The molecule has 0 aliphatic carbocycles. The predicted octanol–water partition coefficient (Wildman–Crippen LogP) is 1.20. The molecular formula is C14H25N3O3S. The van der Waals surface area contributed by atoms with Crippen molar-refractivity contribution in [3.05, 3.63) is 17.7 Å². The zero-order valence-electron chi connectivity index (χ0n) is 13.3. The van der Waals surface area contributed by atoms with E-state index in [1.807, 2.05) is 7.05 Å². The minimum Gasteiger partial charge on any atom is -0.495 e. The van der Waals surface area contributed by atoms with Gasteiger partial charge in [-0.15, -0.1) is 0 Å². The van der Waals surface area contributed by atoms with E-state index >= 15 is 0 Å². The van der Waals surface area contributed by atoms with E-state index in [-0.39, 0.29) is 4.90 Å². The number of aryl methyl sites for hydroxylation is 1. The largest absolute Gasteiger partial charge is 0.495 e. The van der Waals surface area contributed by atoms with Crippen LogP contribution >= 0.6 is 0 Å². The van der Waals surface area contributed by atoms with Gasteiger partial charge in [-0.25, -0.2) is 13.1 Å². The van der Waals surface area contributed by atoms with Crippen molar-refractivity contribution in [2.45, 2.75) is 31.7 Å². The molecule has 7 heteroatoms. The zero-order valence-corrected chi connectivity index (χ0v) is 14.1. The highest BCUT2D eigenvalue weighted by Crippen LogP contribution is 2.28. The molecule has 0 aromatic heterocycles. The molecule has 1 aromatic carbocycles. The third-order valence-corrected chi connectivity index (χ3v) is 4.96. The third kappa shape index (κ3) is 4.59. The lowest BCUT2D eigenvalue weighted by Crippen LogP contribution is -2.36. The number of hydrogen-bond acceptors (Lipinski definition) is 5. The van der Waals surface area contributed by atoms with Crippen molar-refractivity contribution in [1.29, 1.82) is 0 Å². The van der Waals surface area contributed by atoms with Gasteiger partial charge in [0.15, 0.2) is 0 Å². The van der Waals surface area contributed by atoms with Crippen LogP contribution in [0, 0.1) is 6.92 Å². The molecule has 0 unspecified atom stereocenters. The fourth-order valence-corrected chi connectivity index (χ4v) is 2.94. The molecular weight excluding hydrogens is 290 g/mol. The van der Waals surface area contributed by atoms with Crippen LogP contribution in [0.3, 0.4) is 0 Å². The lowest BCUT2D eigenvalue weighted by Gasteiger charge is -2.21. The summed E-state index contributed by atoms with van der Waals surface area (Å²) in [5.74, 6) is 0.298. The van der Waals surface area contributed by atoms with Gasteiger partial charge in [0.1, 0.15) is 10.6 Å². The number of anilines is 1. The standard InChI is InChI=1S/C14H25N3O3S/c1-10(2)17(4)7-6-16-21(18,19)14-9-12(15)11(3)8-13(14)20-5/h8-10,16H,6-7,15H2,1-5H3. The van der Waals surface area contributed by atoms with Crippen LogP contribution in [-0.4, -0.2) is 46.6 Å². The van der Waals surface area contributed by atoms with Gasteiger partial charge in [-0.2, -0.15) is 0 Å². The molecule has 0 aliphatic rings. The SMILES string of the molecule is COc1cc(C)c(N)cc1S(=O)(=O)NCCN(C)C(C)C. The van der Waals surface area contributed by atoms with Crippen molar-refractivity contribution < 1.29 is 13.2 Å². The predicted molar refractivity (Wildman–Crippen MR) is 85.1 cm³/mol. The summed E-state index contributed by atoms with van der Waals surface area (Å²) >= 11 is 0. The smallest absolute Gasteiger partial charge is 0.244 e. The van der Waals surface area contributed by atoms with E-state index in [1.165, 1.54) is 13.2 Å². The quantitative estimate of drug-likeness (QED) is 0.739. The van der Waals surface area contributed by atoms with Crippen LogP contribution < -0.4 is 15.2 Å². The number of hydrogen-bond donors (Lipinski definition) is 2. The number of methoxy groups -OCH3 is 1. The van der Waals surface area contributed by atoms with Crippen molar-refractivity contribution in [3.63, 3.8) is 0 Å². The van der Waals surface area contributed by atoms with Crippen molar-refractivity contribution in [2.24, 2.45) is 0 Å². The molecule has 120 valence electrons. The number of likely N-dealkylation sites (N-methyl/N-ethyl adjacent to an activating group) is 1. The van der Waals surface area contributed by atoms with Crippen LogP contribution in [0.2, 0.25) is 0 Å². The number of nitrogen functional groups attached to an aromatic ring is 1. The second kappa shape index (κ2) is 7.11. The summed E-state index contributed by atoms with van der Waals surface area (Å²) in [6, 6.07) is 3.42. The molecule has 6 nitrogen and oxygen atoms in total. The molecule has 0 amide bonds. The maximum atomic E-state index is 12.4. The topological polar surface area (TPSA) is 84.7 Å². The van der Waals surface area contributed by atoms with Gasteiger partial charge in [0.05, 0.1) is 7.11 Å². The molecule has 0 saturated heterocycles. The first kappa shape index (κ1) is 17.7. The first-order valence-electron chi connectivity index (χ1n) is 6.83. The van der Waals surface area contributed by atoms with Crippen LogP contribution in [0.15, 0.2) is 17.0 Å². The number of nitrogens with one attached hydrogen (secondary N) is 1. The Bertz CT molecular complexity index is 585. The lowest BCUT2D eigenvalue weighted by atomic mass is 10.2. The molecule has 0 radical (unpaired) electrons. The molecule has 0 saturated carbocycles. The molecule has 0 heterocycles. The Morgan fingerprint density at radius 1 is 1.38 bits per heavy atom. The van der Waals surface area contributed by atoms with Crippen LogP contribution in [0.25, 0.3) is 0 Å². The van der Waals surface area contributed by atoms with Gasteiger partial charge in [0, 0.05) is 24.8 Å². The summed E-state index contributed by atoms with van der Waals surface area (Å²) in [4.78, 5) is 2.13. The molecule has 0 fully saturated rings. The van der Waals surface area contributed by atoms with Gasteiger partial charge in [-0.3, -0.25) is 0 Å². The van der Waals surface area contributed by atoms with E-state index in [0.29, 0.717) is 30.6 Å². The Morgan fingerprint density at radius 2 is 2.00 bits per heavy atom. The van der Waals surface area contributed by atoms with Crippen LogP contribution in [-0.2, 0) is 10.0 Å². The normalized spacial score (nSPS) is 12.1. The molecule has 21 heavy (non-hydrogen) atoms. The second-order valence-electron chi connectivity index (χ2n) is 5.33. The van der Waals surface area contributed by atoms with Crippen LogP contribution in [0.5, 0.6) is 5.75 Å². The average molecular weight is 315 g/mol. The van der Waals surface area contributed by atoms with E-state index in [2.05, 4.69) is 23.5 Å². The van der Waals surface area contributed by atoms with E-state index in [4.69, 9.17) is 10.5 Å². The molecule has 1 rings (SSSR count). The number of benzene rings is 1. The van der Waals surface area contributed by atoms with Gasteiger partial charge >= 0.3 is 0 Å². The minimum atomic E-state index is -3.65. The molecule has 0 bridgehead atoms. The van der Waals surface area contributed by atoms with Crippen molar-refractivity contribution in [1.82, 2.24) is 9.62 Å². The summed E-state index contributed by atoms with van der Waals surface area (Å²) in [5, 5.41) is 0. The monoisotopic (exact) mass is 315 g/mol. The number of sulfonamides is 1. The zero-order chi connectivity index (χ0) is 16.2. The van der Waals surface area contributed by atoms with Crippen molar-refractivity contribution >= 4 is 15.7 Å². The van der Waals surface area contributed by atoms with E-state index in [0.717, 1.165) is 5.56 Å². The fourth-order valence-electron chi connectivity index (χ4n) is 1.74. The maximum Gasteiger partial charge on any atom is 0.244 e. The highest BCUT2D eigenvalue weighted by atomic mass is 32.2. The molecule has 3 N–H and O–H groups in total. The van der Waals surface area contributed by atoms with Gasteiger partial charge in [0.25, 0.3) is 0 Å². The summed E-state index contributed by atoms with van der Waals surface area (Å²) in [7, 11) is -0.257. The number of nitrogens with two attached hydrogens (primary N) is 1. The van der Waals surface area contributed by atoms with Gasteiger partial charge in [-0.05, 0) is 45.5 Å². The van der Waals surface area contributed by atoms with Crippen LogP contribution in [0.4, 0.5) is 5.69 Å². The molecule has 0 atom stereocenters. The Morgan fingerprint density at radius 3 is 2.52 bits per heavy atom. The van der Waals surface area contributed by atoms with Gasteiger partial charge < -0.3 is 15.4 Å². The van der Waals surface area contributed by atoms with Crippen LogP contribution in [0.1, 0.15) is 19.4 Å². The maximum absolute atomic E-state index is 12.4. The Hall–Kier alpha value is -1.31. The van der Waals surface area contributed by atoms with E-state index in [9.17, 15) is 8.42 Å². The van der Waals surface area contributed by atoms with E-state index < -0.39 is 10.0 Å². The second-order valence-corrected chi connectivity index (χ2v) is 7.07. The summed E-state index contributed by atoms with van der Waals surface area (Å²) < 4.78 is 32.4. The summed E-state index contributed by atoms with van der Waals surface area (Å²) in [6.07, 6.45) is 0. The minimum absolute atomic E-state index is 0.0697. The number of rotatable bonds is 7. The Balaban J connectivity index is 2.90. The van der Waals surface area contributed by atoms with Crippen molar-refractivity contribution in [2.75, 3.05) is 33.0 Å². The summed E-state index contributed by atoms with van der Waals surface area (Å²) in [5.41, 5.74) is 7.01. The third-order valence-electron chi connectivity index (χ3n) is 3.48. The first-order chi connectivity index (χ1) is 9.69. The first-order valence-corrected chi connectivity index (χ1v) is 8.31. The van der Waals surface area contributed by atoms with Gasteiger partial charge in [0.2, 0.25) is 10.0 Å². The Labute approximate surface area is 127 Å². The number of nitrogens with zero attached hydrogens (tertiary/aromatic N) is 1. The fraction of sp³-hybridized carbons (Fsp3) is 0.571. The molecule has 1 aromatic rings. The van der Waals surface area contributed by atoms with Crippen molar-refractivity contribution in [3.8, 4) is 5.75 Å². The molecule has 0 spiro atoms.